The molecule has 1 aromatic carbocycles. The molecule has 0 aliphatic rings. The first-order chi connectivity index (χ1) is 9.08. The molecule has 0 aromatic heterocycles. The summed E-state index contributed by atoms with van der Waals surface area (Å²) in [4.78, 5) is 22.5. The van der Waals surface area contributed by atoms with Crippen LogP contribution in [0.4, 0.5) is 0 Å². The van der Waals surface area contributed by atoms with Crippen LogP contribution in [-0.2, 0) is 4.79 Å². The third-order valence-electron chi connectivity index (χ3n) is 2.65. The van der Waals surface area contributed by atoms with E-state index in [1.54, 1.807) is 32.4 Å². The van der Waals surface area contributed by atoms with E-state index < -0.39 is 0 Å². The van der Waals surface area contributed by atoms with Crippen LogP contribution in [0.15, 0.2) is 18.2 Å². The highest BCUT2D eigenvalue weighted by Crippen LogP contribution is 2.25. The number of ketones is 1. The molecule has 0 unspecified atom stereocenters. The second-order valence-electron chi connectivity index (χ2n) is 4.04. The highest BCUT2D eigenvalue weighted by molar-refractivity contribution is 5.97. The molecule has 0 saturated carbocycles. The minimum absolute atomic E-state index is 0.0268. The third-order valence-corrected chi connectivity index (χ3v) is 2.65. The number of hydrogen-bond donors (Lipinski definition) is 1. The fourth-order valence-corrected chi connectivity index (χ4v) is 1.58. The van der Waals surface area contributed by atoms with Crippen LogP contribution in [0.1, 0.15) is 30.1 Å². The fourth-order valence-electron chi connectivity index (χ4n) is 1.58. The van der Waals surface area contributed by atoms with Gasteiger partial charge in [0.1, 0.15) is 11.5 Å². The lowest BCUT2D eigenvalue weighted by atomic mass is 10.1. The van der Waals surface area contributed by atoms with Gasteiger partial charge in [0.25, 0.3) is 0 Å². The normalized spacial score (nSPS) is 9.84. The molecular formula is C14H19NO4. The Balaban J connectivity index is 2.64. The molecule has 0 bridgehead atoms. The summed E-state index contributed by atoms with van der Waals surface area (Å²) in [5.74, 6) is 1.03. The van der Waals surface area contributed by atoms with Crippen LogP contribution in [0, 0.1) is 0 Å². The van der Waals surface area contributed by atoms with Gasteiger partial charge in [-0.05, 0) is 25.5 Å². The van der Waals surface area contributed by atoms with Crippen LogP contribution < -0.4 is 14.8 Å². The van der Waals surface area contributed by atoms with Crippen molar-refractivity contribution in [1.82, 2.24) is 5.32 Å². The number of amides is 1. The topological polar surface area (TPSA) is 64.6 Å². The van der Waals surface area contributed by atoms with Crippen LogP contribution in [0.2, 0.25) is 0 Å². The number of benzene rings is 1. The zero-order valence-electron chi connectivity index (χ0n) is 11.5. The van der Waals surface area contributed by atoms with E-state index in [-0.39, 0.29) is 11.7 Å². The molecule has 0 aliphatic carbocycles. The zero-order chi connectivity index (χ0) is 14.3. The lowest BCUT2D eigenvalue weighted by molar-refractivity contribution is -0.120. The van der Waals surface area contributed by atoms with Crippen molar-refractivity contribution >= 4 is 11.7 Å². The van der Waals surface area contributed by atoms with Gasteiger partial charge in [0.15, 0.2) is 5.78 Å². The van der Waals surface area contributed by atoms with E-state index in [0.717, 1.165) is 0 Å². The predicted molar refractivity (Wildman–Crippen MR) is 71.8 cm³/mol. The van der Waals surface area contributed by atoms with Gasteiger partial charge in [-0.3, -0.25) is 9.59 Å². The zero-order valence-corrected chi connectivity index (χ0v) is 11.5. The molecule has 5 heteroatoms. The van der Waals surface area contributed by atoms with Crippen LogP contribution >= 0.6 is 0 Å². The smallest absolute Gasteiger partial charge is 0.219 e. The van der Waals surface area contributed by atoms with Crippen LogP contribution in [0.25, 0.3) is 0 Å². The van der Waals surface area contributed by atoms with Crippen molar-refractivity contribution in [1.29, 1.82) is 0 Å². The minimum atomic E-state index is -0.0658. The summed E-state index contributed by atoms with van der Waals surface area (Å²) in [6.07, 6.45) is 0.990. The van der Waals surface area contributed by atoms with Crippen molar-refractivity contribution in [3.8, 4) is 11.5 Å². The Kier molecular flexibility index (Phi) is 5.85. The van der Waals surface area contributed by atoms with E-state index >= 15 is 0 Å². The molecular weight excluding hydrogens is 246 g/mol. The van der Waals surface area contributed by atoms with E-state index in [0.29, 0.717) is 36.5 Å². The number of Topliss-reactive ketones (excluding diaryl/α,β-unsaturated/α-hetero) is 1. The highest BCUT2D eigenvalue weighted by atomic mass is 16.5. The minimum Gasteiger partial charge on any atom is -0.497 e. The number of methoxy groups -OCH3 is 1. The average Bonchev–Trinajstić information content (AvgIpc) is 2.42. The van der Waals surface area contributed by atoms with Crippen molar-refractivity contribution in [2.75, 3.05) is 20.8 Å². The first-order valence-electron chi connectivity index (χ1n) is 6.11. The summed E-state index contributed by atoms with van der Waals surface area (Å²) >= 11 is 0. The summed E-state index contributed by atoms with van der Waals surface area (Å²) in [6.45, 7) is 1.86. The first-order valence-corrected chi connectivity index (χ1v) is 6.11. The van der Waals surface area contributed by atoms with Crippen molar-refractivity contribution in [2.24, 2.45) is 0 Å². The molecule has 0 atom stereocenters. The van der Waals surface area contributed by atoms with Crippen LogP contribution in [0.3, 0.4) is 0 Å². The Morgan fingerprint density at radius 2 is 2.05 bits per heavy atom. The summed E-state index contributed by atoms with van der Waals surface area (Å²) in [5.41, 5.74) is 0.515. The number of hydrogen-bond acceptors (Lipinski definition) is 4. The van der Waals surface area contributed by atoms with Crippen molar-refractivity contribution < 1.29 is 19.1 Å². The number of rotatable bonds is 7. The quantitative estimate of drug-likeness (QED) is 0.603. The average molecular weight is 265 g/mol. The standard InChI is InChI=1S/C14H19NO4/c1-10(16)12-7-6-11(18-3)9-13(12)19-8-4-5-14(17)15-2/h6-7,9H,4-5,8H2,1-3H3,(H,15,17). The van der Waals surface area contributed by atoms with Crippen LogP contribution in [-0.4, -0.2) is 32.5 Å². The maximum Gasteiger partial charge on any atom is 0.219 e. The Morgan fingerprint density at radius 1 is 1.32 bits per heavy atom. The molecule has 0 aliphatic heterocycles. The SMILES string of the molecule is CNC(=O)CCCOc1cc(OC)ccc1C(C)=O. The maximum absolute atomic E-state index is 11.5. The second kappa shape index (κ2) is 7.41. The van der Waals surface area contributed by atoms with E-state index in [2.05, 4.69) is 5.32 Å². The first kappa shape index (κ1) is 15.0. The molecule has 1 rings (SSSR count). The van der Waals surface area contributed by atoms with Gasteiger partial charge < -0.3 is 14.8 Å². The lowest BCUT2D eigenvalue weighted by Gasteiger charge is -2.11. The second-order valence-corrected chi connectivity index (χ2v) is 4.04. The monoisotopic (exact) mass is 265 g/mol. The van der Waals surface area contributed by atoms with Gasteiger partial charge in [0.05, 0.1) is 19.3 Å². The Morgan fingerprint density at radius 3 is 2.63 bits per heavy atom. The van der Waals surface area contributed by atoms with E-state index in [1.807, 2.05) is 0 Å². The molecule has 1 aromatic rings. The summed E-state index contributed by atoms with van der Waals surface area (Å²) in [7, 11) is 3.15. The van der Waals surface area contributed by atoms with E-state index in [4.69, 9.17) is 9.47 Å². The number of ether oxygens (including phenoxy) is 2. The molecule has 0 spiro atoms. The lowest BCUT2D eigenvalue weighted by Crippen LogP contribution is -2.18. The van der Waals surface area contributed by atoms with Gasteiger partial charge in [-0.15, -0.1) is 0 Å². The highest BCUT2D eigenvalue weighted by Gasteiger charge is 2.10. The summed E-state index contributed by atoms with van der Waals surface area (Å²) in [6, 6.07) is 5.07. The fraction of sp³-hybridized carbons (Fsp3) is 0.429. The Hall–Kier alpha value is -2.04. The third kappa shape index (κ3) is 4.62. The molecule has 0 saturated heterocycles. The Bertz CT molecular complexity index is 457. The van der Waals surface area contributed by atoms with E-state index in [1.165, 1.54) is 6.92 Å². The van der Waals surface area contributed by atoms with Gasteiger partial charge >= 0.3 is 0 Å². The van der Waals surface area contributed by atoms with Gasteiger partial charge in [0.2, 0.25) is 5.91 Å². The maximum atomic E-state index is 11.5. The molecule has 1 N–H and O–H groups in total. The van der Waals surface area contributed by atoms with Gasteiger partial charge in [-0.2, -0.15) is 0 Å². The number of carbonyl (C=O) groups is 2. The molecule has 19 heavy (non-hydrogen) atoms. The molecule has 104 valence electrons. The number of nitrogens with one attached hydrogen (secondary N) is 1. The largest absolute Gasteiger partial charge is 0.497 e. The molecule has 0 heterocycles. The molecule has 5 nitrogen and oxygen atoms in total. The van der Waals surface area contributed by atoms with Gasteiger partial charge in [-0.25, -0.2) is 0 Å². The van der Waals surface area contributed by atoms with Gasteiger partial charge in [-0.1, -0.05) is 0 Å². The van der Waals surface area contributed by atoms with Crippen molar-refractivity contribution in [3.63, 3.8) is 0 Å². The van der Waals surface area contributed by atoms with Gasteiger partial charge in [0, 0.05) is 19.5 Å². The van der Waals surface area contributed by atoms with E-state index in [9.17, 15) is 9.59 Å². The summed E-state index contributed by atoms with van der Waals surface area (Å²) in [5, 5.41) is 2.54. The predicted octanol–water partition coefficient (Wildman–Crippen LogP) is 1.80. The van der Waals surface area contributed by atoms with Crippen molar-refractivity contribution in [3.05, 3.63) is 23.8 Å². The Labute approximate surface area is 112 Å². The summed E-state index contributed by atoms with van der Waals surface area (Å²) < 4.78 is 10.7. The number of carbonyl (C=O) groups excluding carboxylic acids is 2. The van der Waals surface area contributed by atoms with Crippen molar-refractivity contribution in [2.45, 2.75) is 19.8 Å². The van der Waals surface area contributed by atoms with Crippen LogP contribution in [0.5, 0.6) is 11.5 Å². The molecule has 1 amide bonds. The molecule has 0 fully saturated rings. The molecule has 0 radical (unpaired) electrons.